The minimum absolute atomic E-state index is 0.0796. The quantitative estimate of drug-likeness (QED) is 0.511. The molecule has 0 saturated carbocycles. The molecule has 9 nitrogen and oxygen atoms in total. The van der Waals surface area contributed by atoms with Crippen molar-refractivity contribution >= 4 is 11.8 Å². The van der Waals surface area contributed by atoms with Gasteiger partial charge in [0, 0.05) is 31.9 Å². The molecule has 1 saturated heterocycles. The van der Waals surface area contributed by atoms with Crippen LogP contribution in [-0.2, 0) is 35.5 Å². The number of hydrogen-bond acceptors (Lipinski definition) is 5. The van der Waals surface area contributed by atoms with Gasteiger partial charge in [-0.15, -0.1) is 0 Å². The fourth-order valence-corrected chi connectivity index (χ4v) is 5.95. The van der Waals surface area contributed by atoms with Crippen LogP contribution in [0.4, 0.5) is 0 Å². The van der Waals surface area contributed by atoms with E-state index in [0.29, 0.717) is 50.0 Å². The molecule has 210 valence electrons. The summed E-state index contributed by atoms with van der Waals surface area (Å²) in [6, 6.07) is 13.8. The second-order valence-electron chi connectivity index (χ2n) is 10.8. The van der Waals surface area contributed by atoms with Gasteiger partial charge in [-0.1, -0.05) is 42.5 Å². The Hall–Kier alpha value is -3.98. The van der Waals surface area contributed by atoms with Gasteiger partial charge < -0.3 is 14.9 Å². The molecule has 1 fully saturated rings. The van der Waals surface area contributed by atoms with Crippen molar-refractivity contribution in [3.8, 4) is 11.1 Å². The zero-order valence-electron chi connectivity index (χ0n) is 23.1. The van der Waals surface area contributed by atoms with Crippen LogP contribution in [0, 0.1) is 13.8 Å². The van der Waals surface area contributed by atoms with Gasteiger partial charge in [-0.25, -0.2) is 4.79 Å². The number of aliphatic hydroxyl groups excluding tert-OH is 1. The Labute approximate surface area is 233 Å². The van der Waals surface area contributed by atoms with Crippen molar-refractivity contribution in [2.45, 2.75) is 58.7 Å². The maximum Gasteiger partial charge on any atom is 0.331 e. The monoisotopic (exact) mass is 544 g/mol. The van der Waals surface area contributed by atoms with Crippen LogP contribution in [0.2, 0.25) is 0 Å². The number of fused-ring (bicyclic) bond motifs is 1. The summed E-state index contributed by atoms with van der Waals surface area (Å²) in [5.74, 6) is -0.0809. The molecule has 3 heterocycles. The minimum atomic E-state index is -0.619. The lowest BCUT2D eigenvalue weighted by atomic mass is 9.99. The number of aryl methyl sites for hydroxylation is 1. The van der Waals surface area contributed by atoms with Gasteiger partial charge in [0.1, 0.15) is 6.54 Å². The van der Waals surface area contributed by atoms with Crippen LogP contribution in [0.5, 0.6) is 0 Å². The van der Waals surface area contributed by atoms with Gasteiger partial charge in [0.05, 0.1) is 25.1 Å². The van der Waals surface area contributed by atoms with Crippen molar-refractivity contribution in [2.24, 2.45) is 0 Å². The molecule has 1 aromatic heterocycles. The number of aliphatic hydroxyl groups is 1. The molecule has 0 bridgehead atoms. The Bertz CT molecular complexity index is 1550. The number of nitrogens with zero attached hydrogens (tertiary/aromatic N) is 4. The molecule has 2 aromatic carbocycles. The molecule has 2 aliphatic heterocycles. The van der Waals surface area contributed by atoms with E-state index in [2.05, 4.69) is 6.07 Å². The zero-order valence-corrected chi connectivity index (χ0v) is 23.1. The van der Waals surface area contributed by atoms with Gasteiger partial charge in [0.15, 0.2) is 0 Å². The van der Waals surface area contributed by atoms with Gasteiger partial charge in [-0.3, -0.25) is 23.5 Å². The second-order valence-corrected chi connectivity index (χ2v) is 10.8. The van der Waals surface area contributed by atoms with E-state index in [0.717, 1.165) is 27.7 Å². The second kappa shape index (κ2) is 11.6. The third-order valence-electron chi connectivity index (χ3n) is 8.42. The first-order valence-electron chi connectivity index (χ1n) is 13.9. The van der Waals surface area contributed by atoms with Crippen LogP contribution in [0.25, 0.3) is 11.1 Å². The molecule has 0 spiro atoms. The topological polar surface area (TPSA) is 105 Å². The van der Waals surface area contributed by atoms with Crippen LogP contribution < -0.4 is 11.2 Å². The lowest BCUT2D eigenvalue weighted by molar-refractivity contribution is -0.136. The first-order valence-corrected chi connectivity index (χ1v) is 13.9. The maximum absolute atomic E-state index is 13.3. The lowest BCUT2D eigenvalue weighted by Gasteiger charge is -2.38. The predicted molar refractivity (Wildman–Crippen MR) is 152 cm³/mol. The van der Waals surface area contributed by atoms with Crippen molar-refractivity contribution in [3.05, 3.63) is 91.8 Å². The van der Waals surface area contributed by atoms with Crippen molar-refractivity contribution < 1.29 is 14.7 Å². The third kappa shape index (κ3) is 5.38. The molecule has 9 heteroatoms. The molecule has 2 aliphatic rings. The van der Waals surface area contributed by atoms with E-state index in [4.69, 9.17) is 0 Å². The number of benzene rings is 2. The Morgan fingerprint density at radius 1 is 0.925 bits per heavy atom. The zero-order chi connectivity index (χ0) is 28.4. The Balaban J connectivity index is 1.31. The van der Waals surface area contributed by atoms with Crippen LogP contribution in [0.1, 0.15) is 35.1 Å². The smallest absolute Gasteiger partial charge is 0.331 e. The van der Waals surface area contributed by atoms with E-state index >= 15 is 0 Å². The van der Waals surface area contributed by atoms with Gasteiger partial charge in [0.2, 0.25) is 11.8 Å². The normalized spacial score (nSPS) is 16.1. The van der Waals surface area contributed by atoms with Crippen LogP contribution >= 0.6 is 0 Å². The van der Waals surface area contributed by atoms with Crippen LogP contribution in [-0.4, -0.2) is 68.1 Å². The summed E-state index contributed by atoms with van der Waals surface area (Å²) in [6.45, 7) is 4.81. The van der Waals surface area contributed by atoms with Gasteiger partial charge in [-0.05, 0) is 60.9 Å². The predicted octanol–water partition coefficient (Wildman–Crippen LogP) is 1.90. The van der Waals surface area contributed by atoms with E-state index in [1.807, 2.05) is 55.1 Å². The third-order valence-corrected chi connectivity index (χ3v) is 8.42. The van der Waals surface area contributed by atoms with E-state index in [1.165, 1.54) is 16.3 Å². The van der Waals surface area contributed by atoms with Gasteiger partial charge in [-0.2, -0.15) is 0 Å². The first-order chi connectivity index (χ1) is 19.3. The summed E-state index contributed by atoms with van der Waals surface area (Å²) < 4.78 is 2.28. The Morgan fingerprint density at radius 3 is 2.38 bits per heavy atom. The Morgan fingerprint density at radius 2 is 1.65 bits per heavy atom. The number of rotatable bonds is 6. The molecule has 0 radical (unpaired) electrons. The summed E-state index contributed by atoms with van der Waals surface area (Å²) in [5.41, 5.74) is 4.15. The molecule has 40 heavy (non-hydrogen) atoms. The summed E-state index contributed by atoms with van der Waals surface area (Å²) in [7, 11) is 0. The number of aromatic nitrogens is 2. The fourth-order valence-electron chi connectivity index (χ4n) is 5.95. The number of carbonyl (C=O) groups excluding carboxylic acids is 2. The highest BCUT2D eigenvalue weighted by molar-refractivity contribution is 5.80. The highest BCUT2D eigenvalue weighted by atomic mass is 16.3. The summed E-state index contributed by atoms with van der Waals surface area (Å²) in [6.07, 6.45) is 4.07. The van der Waals surface area contributed by atoms with Crippen molar-refractivity contribution in [2.75, 3.05) is 26.2 Å². The average molecular weight is 545 g/mol. The molecule has 0 aliphatic carbocycles. The molecular formula is C31H36N4O5. The maximum atomic E-state index is 13.3. The van der Waals surface area contributed by atoms with Crippen molar-refractivity contribution in [3.63, 3.8) is 0 Å². The number of hydrogen-bond donors (Lipinski definition) is 1. The van der Waals surface area contributed by atoms with E-state index < -0.39 is 11.2 Å². The van der Waals surface area contributed by atoms with E-state index in [9.17, 15) is 24.3 Å². The number of likely N-dealkylation sites (tertiary alicyclic amines) is 1. The molecular weight excluding hydrogens is 508 g/mol. The van der Waals surface area contributed by atoms with Crippen molar-refractivity contribution in [1.29, 1.82) is 0 Å². The fraction of sp³-hybridized carbons (Fsp3) is 0.419. The van der Waals surface area contributed by atoms with Crippen LogP contribution in [0.3, 0.4) is 0 Å². The highest BCUT2D eigenvalue weighted by Gasteiger charge is 2.31. The highest BCUT2D eigenvalue weighted by Crippen LogP contribution is 2.24. The SMILES string of the molecule is Cc1cccc(-c2cn(CC(=O)N3CCC(N4CCc5ccccc5CC4=O)CC3)c(=O)n(CCO)c2=O)c1C. The lowest BCUT2D eigenvalue weighted by Crippen LogP contribution is -2.50. The van der Waals surface area contributed by atoms with Gasteiger partial charge >= 0.3 is 5.69 Å². The van der Waals surface area contributed by atoms with E-state index in [-0.39, 0.29) is 37.6 Å². The number of carbonyl (C=O) groups is 2. The van der Waals surface area contributed by atoms with E-state index in [1.54, 1.807) is 4.90 Å². The van der Waals surface area contributed by atoms with Crippen molar-refractivity contribution in [1.82, 2.24) is 18.9 Å². The molecule has 0 unspecified atom stereocenters. The molecule has 3 aromatic rings. The van der Waals surface area contributed by atoms with Gasteiger partial charge in [0.25, 0.3) is 5.56 Å². The largest absolute Gasteiger partial charge is 0.395 e. The first kappa shape index (κ1) is 27.6. The standard InChI is InChI=1S/C31H36N4O5/c1-21-6-5-9-26(22(21)2)27-19-33(31(40)35(16-17-36)30(27)39)20-29(38)32-13-11-25(12-14-32)34-15-10-23-7-3-4-8-24(23)18-28(34)37/h3-9,19,25,36H,10-18,20H2,1-2H3. The molecule has 1 N–H and O–H groups in total. The van der Waals surface area contributed by atoms with Crippen LogP contribution in [0.15, 0.2) is 58.3 Å². The summed E-state index contributed by atoms with van der Waals surface area (Å²) in [5, 5.41) is 9.51. The average Bonchev–Trinajstić information content (AvgIpc) is 3.12. The molecule has 5 rings (SSSR count). The number of piperidine rings is 1. The minimum Gasteiger partial charge on any atom is -0.395 e. The summed E-state index contributed by atoms with van der Waals surface area (Å²) in [4.78, 5) is 56.5. The number of amides is 2. The molecule has 0 atom stereocenters. The summed E-state index contributed by atoms with van der Waals surface area (Å²) >= 11 is 0. The Kier molecular flexibility index (Phi) is 8.02. The molecule has 2 amide bonds.